The molecule has 1 aromatic rings. The third-order valence-corrected chi connectivity index (χ3v) is 5.37. The van der Waals surface area contributed by atoms with Gasteiger partial charge in [0.1, 0.15) is 4.75 Å². The second kappa shape index (κ2) is 4.10. The van der Waals surface area contributed by atoms with Gasteiger partial charge in [0.2, 0.25) is 0 Å². The summed E-state index contributed by atoms with van der Waals surface area (Å²) >= 11 is 0. The Bertz CT molecular complexity index is 496. The first kappa shape index (κ1) is 12.6. The Labute approximate surface area is 103 Å². The highest BCUT2D eigenvalue weighted by atomic mass is 32.2. The Kier molecular flexibility index (Phi) is 3.04. The summed E-state index contributed by atoms with van der Waals surface area (Å²) in [6, 6.07) is 7.84. The standard InChI is InChI=1S/C13H18O3S/c1-10(2)11-4-6-12(7-5-11)13(8-16-9-13)17(3,14)15/h4-7,10H,8-9H2,1-3H3. The van der Waals surface area contributed by atoms with Gasteiger partial charge < -0.3 is 4.74 Å². The van der Waals surface area contributed by atoms with Crippen LogP contribution in [0.5, 0.6) is 0 Å². The molecule has 0 radical (unpaired) electrons. The molecule has 0 N–H and O–H groups in total. The van der Waals surface area contributed by atoms with E-state index in [9.17, 15) is 8.42 Å². The molecule has 1 heterocycles. The summed E-state index contributed by atoms with van der Waals surface area (Å²) in [5, 5.41) is 0. The minimum absolute atomic E-state index is 0.271. The van der Waals surface area contributed by atoms with Crippen LogP contribution in [0.25, 0.3) is 0 Å². The highest BCUT2D eigenvalue weighted by Crippen LogP contribution is 2.37. The van der Waals surface area contributed by atoms with Crippen molar-refractivity contribution in [3.05, 3.63) is 35.4 Å². The third kappa shape index (κ3) is 2.00. The highest BCUT2D eigenvalue weighted by Gasteiger charge is 2.49. The van der Waals surface area contributed by atoms with Crippen LogP contribution in [-0.4, -0.2) is 27.9 Å². The molecule has 1 aliphatic heterocycles. The molecule has 0 amide bonds. The van der Waals surface area contributed by atoms with Crippen LogP contribution in [0.2, 0.25) is 0 Å². The molecular formula is C13H18O3S. The summed E-state index contributed by atoms with van der Waals surface area (Å²) in [6.07, 6.45) is 1.28. The van der Waals surface area contributed by atoms with E-state index in [2.05, 4.69) is 13.8 Å². The summed E-state index contributed by atoms with van der Waals surface area (Å²) in [6.45, 7) is 4.78. The van der Waals surface area contributed by atoms with Gasteiger partial charge in [-0.1, -0.05) is 38.1 Å². The fourth-order valence-corrected chi connectivity index (χ4v) is 3.21. The van der Waals surface area contributed by atoms with Gasteiger partial charge in [0.15, 0.2) is 9.84 Å². The molecule has 2 rings (SSSR count). The van der Waals surface area contributed by atoms with Gasteiger partial charge in [0.05, 0.1) is 13.2 Å². The van der Waals surface area contributed by atoms with Crippen LogP contribution in [0.1, 0.15) is 30.9 Å². The average molecular weight is 254 g/mol. The minimum Gasteiger partial charge on any atom is -0.377 e. The maximum absolute atomic E-state index is 11.9. The summed E-state index contributed by atoms with van der Waals surface area (Å²) in [4.78, 5) is 0. The van der Waals surface area contributed by atoms with Gasteiger partial charge in [-0.3, -0.25) is 0 Å². The molecule has 0 aromatic heterocycles. The number of hydrogen-bond acceptors (Lipinski definition) is 3. The molecule has 0 saturated carbocycles. The van der Waals surface area contributed by atoms with Gasteiger partial charge in [-0.2, -0.15) is 0 Å². The maximum Gasteiger partial charge on any atom is 0.161 e. The minimum atomic E-state index is -3.14. The van der Waals surface area contributed by atoms with Crippen LogP contribution in [-0.2, 0) is 19.3 Å². The zero-order chi connectivity index (χ0) is 12.7. The van der Waals surface area contributed by atoms with Crippen molar-refractivity contribution in [3.8, 4) is 0 Å². The SMILES string of the molecule is CC(C)c1ccc(C2(S(C)(=O)=O)COC2)cc1. The van der Waals surface area contributed by atoms with Gasteiger partial charge in [0.25, 0.3) is 0 Å². The van der Waals surface area contributed by atoms with Crippen molar-refractivity contribution in [2.45, 2.75) is 24.5 Å². The van der Waals surface area contributed by atoms with E-state index in [1.165, 1.54) is 11.8 Å². The van der Waals surface area contributed by atoms with Crippen LogP contribution < -0.4 is 0 Å². The fourth-order valence-electron chi connectivity index (χ4n) is 2.05. The van der Waals surface area contributed by atoms with Crippen molar-refractivity contribution in [3.63, 3.8) is 0 Å². The van der Waals surface area contributed by atoms with Gasteiger partial charge in [-0.25, -0.2) is 8.42 Å². The van der Waals surface area contributed by atoms with Crippen LogP contribution >= 0.6 is 0 Å². The molecule has 1 aromatic carbocycles. The Morgan fingerprint density at radius 3 is 2.00 bits per heavy atom. The van der Waals surface area contributed by atoms with Gasteiger partial charge in [0, 0.05) is 6.26 Å². The first-order chi connectivity index (χ1) is 7.87. The second-order valence-corrected chi connectivity index (χ2v) is 7.36. The normalized spacial score (nSPS) is 19.1. The lowest BCUT2D eigenvalue weighted by atomic mass is 9.93. The molecule has 1 aliphatic rings. The molecule has 3 nitrogen and oxygen atoms in total. The Balaban J connectivity index is 2.40. The van der Waals surface area contributed by atoms with Crippen LogP contribution in [0.15, 0.2) is 24.3 Å². The van der Waals surface area contributed by atoms with E-state index >= 15 is 0 Å². The van der Waals surface area contributed by atoms with E-state index < -0.39 is 14.6 Å². The molecule has 0 unspecified atom stereocenters. The molecule has 0 bridgehead atoms. The van der Waals surface area contributed by atoms with E-state index in [-0.39, 0.29) is 13.2 Å². The van der Waals surface area contributed by atoms with E-state index in [0.717, 1.165) is 5.56 Å². The fraction of sp³-hybridized carbons (Fsp3) is 0.538. The molecule has 94 valence electrons. The van der Waals surface area contributed by atoms with Gasteiger partial charge in [-0.05, 0) is 17.0 Å². The monoisotopic (exact) mass is 254 g/mol. The second-order valence-electron chi connectivity index (χ2n) is 5.04. The number of rotatable bonds is 3. The predicted molar refractivity (Wildman–Crippen MR) is 67.9 cm³/mol. The van der Waals surface area contributed by atoms with Crippen molar-refractivity contribution in [1.29, 1.82) is 0 Å². The highest BCUT2D eigenvalue weighted by molar-refractivity contribution is 7.91. The zero-order valence-corrected chi connectivity index (χ0v) is 11.3. The molecule has 0 aliphatic carbocycles. The van der Waals surface area contributed by atoms with Gasteiger partial charge >= 0.3 is 0 Å². The first-order valence-electron chi connectivity index (χ1n) is 5.74. The number of benzene rings is 1. The zero-order valence-electron chi connectivity index (χ0n) is 10.4. The number of ether oxygens (including phenoxy) is 1. The summed E-state index contributed by atoms with van der Waals surface area (Å²) < 4.78 is 28.1. The molecule has 1 fully saturated rings. The van der Waals surface area contributed by atoms with E-state index in [0.29, 0.717) is 5.92 Å². The van der Waals surface area contributed by atoms with Crippen molar-refractivity contribution >= 4 is 9.84 Å². The molecule has 1 saturated heterocycles. The maximum atomic E-state index is 11.9. The van der Waals surface area contributed by atoms with Crippen molar-refractivity contribution in [1.82, 2.24) is 0 Å². The van der Waals surface area contributed by atoms with Crippen LogP contribution in [0.4, 0.5) is 0 Å². The lowest BCUT2D eigenvalue weighted by Crippen LogP contribution is -2.52. The number of sulfone groups is 1. The Morgan fingerprint density at radius 2 is 1.71 bits per heavy atom. The first-order valence-corrected chi connectivity index (χ1v) is 7.64. The van der Waals surface area contributed by atoms with E-state index in [1.807, 2.05) is 24.3 Å². The smallest absolute Gasteiger partial charge is 0.161 e. The lowest BCUT2D eigenvalue weighted by Gasteiger charge is -2.40. The molecular weight excluding hydrogens is 236 g/mol. The largest absolute Gasteiger partial charge is 0.377 e. The lowest BCUT2D eigenvalue weighted by molar-refractivity contribution is -0.0156. The summed E-state index contributed by atoms with van der Waals surface area (Å²) in [7, 11) is -3.14. The average Bonchev–Trinajstić information content (AvgIpc) is 2.14. The molecule has 0 atom stereocenters. The summed E-state index contributed by atoms with van der Waals surface area (Å²) in [5.74, 6) is 0.455. The van der Waals surface area contributed by atoms with Crippen molar-refractivity contribution in [2.75, 3.05) is 19.5 Å². The van der Waals surface area contributed by atoms with E-state index in [1.54, 1.807) is 0 Å². The van der Waals surface area contributed by atoms with Crippen LogP contribution in [0, 0.1) is 0 Å². The molecule has 17 heavy (non-hydrogen) atoms. The predicted octanol–water partition coefficient (Wildman–Crippen LogP) is 2.08. The summed E-state index contributed by atoms with van der Waals surface area (Å²) in [5.41, 5.74) is 2.06. The third-order valence-electron chi connectivity index (χ3n) is 3.48. The number of hydrogen-bond donors (Lipinski definition) is 0. The van der Waals surface area contributed by atoms with E-state index in [4.69, 9.17) is 4.74 Å². The quantitative estimate of drug-likeness (QED) is 0.829. The van der Waals surface area contributed by atoms with Gasteiger partial charge in [-0.15, -0.1) is 0 Å². The van der Waals surface area contributed by atoms with Crippen molar-refractivity contribution < 1.29 is 13.2 Å². The van der Waals surface area contributed by atoms with Crippen molar-refractivity contribution in [2.24, 2.45) is 0 Å². The Hall–Kier alpha value is -0.870. The molecule has 0 spiro atoms. The Morgan fingerprint density at radius 1 is 1.18 bits per heavy atom. The molecule has 4 heteroatoms. The topological polar surface area (TPSA) is 43.4 Å². The van der Waals surface area contributed by atoms with Crippen LogP contribution in [0.3, 0.4) is 0 Å².